The van der Waals surface area contributed by atoms with Crippen molar-refractivity contribution in [2.45, 2.75) is 17.6 Å². The molecule has 0 spiro atoms. The molecule has 1 rings (SSSR count). The average molecular weight is 224 g/mol. The Kier molecular flexibility index (Phi) is 2.84. The van der Waals surface area contributed by atoms with E-state index in [2.05, 4.69) is 0 Å². The molecule has 2 nitrogen and oxygen atoms in total. The first-order chi connectivity index (χ1) is 6.37. The van der Waals surface area contributed by atoms with E-state index in [1.165, 1.54) is 0 Å². The summed E-state index contributed by atoms with van der Waals surface area (Å²) in [6.07, 6.45) is 0. The first kappa shape index (κ1) is 11.0. The maximum Gasteiger partial charge on any atom is 0.341 e. The van der Waals surface area contributed by atoms with Gasteiger partial charge in [-0.05, 0) is 19.1 Å². The summed E-state index contributed by atoms with van der Waals surface area (Å²) in [5.74, 6) is -4.34. The molecule has 0 saturated carbocycles. The van der Waals surface area contributed by atoms with Crippen molar-refractivity contribution in [3.05, 3.63) is 29.6 Å². The van der Waals surface area contributed by atoms with Crippen LogP contribution >= 0.6 is 0 Å². The Morgan fingerprint density at radius 3 is 2.36 bits per heavy atom. The summed E-state index contributed by atoms with van der Waals surface area (Å²) in [5, 5.41) is 0. The fourth-order valence-corrected chi connectivity index (χ4v) is 1.98. The largest absolute Gasteiger partial charge is 0.341 e. The predicted molar refractivity (Wildman–Crippen MR) is 44.3 cm³/mol. The van der Waals surface area contributed by atoms with E-state index in [-0.39, 0.29) is 5.56 Å². The summed E-state index contributed by atoms with van der Waals surface area (Å²) in [6, 6.07) is 3.05. The van der Waals surface area contributed by atoms with E-state index in [1.807, 2.05) is 0 Å². The predicted octanol–water partition coefficient (Wildman–Crippen LogP) is 2.13. The zero-order valence-corrected chi connectivity index (χ0v) is 7.98. The number of hydrogen-bond acceptors (Lipinski definition) is 2. The minimum atomic E-state index is -4.70. The SMILES string of the molecule is Cc1c(F)cccc1S(=O)(=O)C(F)F. The molecule has 0 aliphatic carbocycles. The average Bonchev–Trinajstić information content (AvgIpc) is 2.09. The Hall–Kier alpha value is -1.04. The molecule has 0 fully saturated rings. The molecular weight excluding hydrogens is 217 g/mol. The lowest BCUT2D eigenvalue weighted by Gasteiger charge is -2.06. The van der Waals surface area contributed by atoms with E-state index in [4.69, 9.17) is 0 Å². The van der Waals surface area contributed by atoms with E-state index >= 15 is 0 Å². The van der Waals surface area contributed by atoms with E-state index in [1.54, 1.807) is 0 Å². The van der Waals surface area contributed by atoms with Crippen molar-refractivity contribution in [3.8, 4) is 0 Å². The van der Waals surface area contributed by atoms with Crippen molar-refractivity contribution in [1.82, 2.24) is 0 Å². The van der Waals surface area contributed by atoms with Crippen LogP contribution in [0.2, 0.25) is 0 Å². The van der Waals surface area contributed by atoms with Crippen molar-refractivity contribution in [2.24, 2.45) is 0 Å². The number of sulfone groups is 1. The van der Waals surface area contributed by atoms with Gasteiger partial charge in [0, 0.05) is 5.56 Å². The fourth-order valence-electron chi connectivity index (χ4n) is 0.992. The van der Waals surface area contributed by atoms with Gasteiger partial charge in [0.15, 0.2) is 0 Å². The molecule has 0 aliphatic rings. The van der Waals surface area contributed by atoms with Crippen LogP contribution < -0.4 is 0 Å². The zero-order chi connectivity index (χ0) is 10.9. The molecule has 0 saturated heterocycles. The highest BCUT2D eigenvalue weighted by atomic mass is 32.2. The van der Waals surface area contributed by atoms with Gasteiger partial charge in [0.2, 0.25) is 9.84 Å². The van der Waals surface area contributed by atoms with Crippen LogP contribution in [-0.4, -0.2) is 14.2 Å². The zero-order valence-electron chi connectivity index (χ0n) is 7.17. The van der Waals surface area contributed by atoms with Gasteiger partial charge in [0.1, 0.15) is 5.82 Å². The highest BCUT2D eigenvalue weighted by Gasteiger charge is 2.28. The van der Waals surface area contributed by atoms with Gasteiger partial charge in [-0.3, -0.25) is 0 Å². The van der Waals surface area contributed by atoms with Gasteiger partial charge >= 0.3 is 5.76 Å². The molecule has 78 valence electrons. The topological polar surface area (TPSA) is 34.1 Å². The molecule has 0 aromatic heterocycles. The van der Waals surface area contributed by atoms with Crippen LogP contribution in [0.15, 0.2) is 23.1 Å². The monoisotopic (exact) mass is 224 g/mol. The molecule has 0 N–H and O–H groups in total. The van der Waals surface area contributed by atoms with Gasteiger partial charge in [0.05, 0.1) is 4.90 Å². The molecule has 0 heterocycles. The molecule has 1 aromatic rings. The number of benzene rings is 1. The normalized spacial score (nSPS) is 12.1. The lowest BCUT2D eigenvalue weighted by molar-refractivity contribution is 0.234. The summed E-state index contributed by atoms with van der Waals surface area (Å²) in [7, 11) is -4.70. The number of hydrogen-bond donors (Lipinski definition) is 0. The van der Waals surface area contributed by atoms with Crippen LogP contribution in [0.4, 0.5) is 13.2 Å². The molecule has 6 heteroatoms. The second-order valence-corrected chi connectivity index (χ2v) is 4.55. The first-order valence-electron chi connectivity index (χ1n) is 3.64. The third-order valence-electron chi connectivity index (χ3n) is 1.76. The smallest absolute Gasteiger partial charge is 0.218 e. The fraction of sp³-hybridized carbons (Fsp3) is 0.250. The van der Waals surface area contributed by atoms with Crippen molar-refractivity contribution in [3.63, 3.8) is 0 Å². The third kappa shape index (κ3) is 1.75. The van der Waals surface area contributed by atoms with Crippen LogP contribution in [0.3, 0.4) is 0 Å². The summed E-state index contributed by atoms with van der Waals surface area (Å²) < 4.78 is 59.0. The molecule has 0 atom stereocenters. The highest BCUT2D eigenvalue weighted by molar-refractivity contribution is 7.91. The molecule has 0 amide bonds. The lowest BCUT2D eigenvalue weighted by Crippen LogP contribution is -2.13. The molecule has 0 unspecified atom stereocenters. The van der Waals surface area contributed by atoms with Gasteiger partial charge in [-0.15, -0.1) is 0 Å². The molecule has 1 aromatic carbocycles. The van der Waals surface area contributed by atoms with Crippen LogP contribution in [-0.2, 0) is 9.84 Å². The third-order valence-corrected chi connectivity index (χ3v) is 3.28. The lowest BCUT2D eigenvalue weighted by atomic mass is 10.2. The number of rotatable bonds is 2. The summed E-state index contributed by atoms with van der Waals surface area (Å²) in [4.78, 5) is -0.660. The van der Waals surface area contributed by atoms with Crippen LogP contribution in [0, 0.1) is 12.7 Å². The van der Waals surface area contributed by atoms with Crippen LogP contribution in [0.5, 0.6) is 0 Å². The summed E-state index contributed by atoms with van der Waals surface area (Å²) >= 11 is 0. The van der Waals surface area contributed by atoms with Crippen LogP contribution in [0.25, 0.3) is 0 Å². The Labute approximate surface area is 79.3 Å². The Morgan fingerprint density at radius 2 is 1.86 bits per heavy atom. The Morgan fingerprint density at radius 1 is 1.29 bits per heavy atom. The minimum Gasteiger partial charge on any atom is -0.218 e. The van der Waals surface area contributed by atoms with E-state index in [9.17, 15) is 21.6 Å². The number of alkyl halides is 2. The van der Waals surface area contributed by atoms with Gasteiger partial charge in [-0.2, -0.15) is 8.78 Å². The van der Waals surface area contributed by atoms with E-state index in [0.29, 0.717) is 0 Å². The first-order valence-corrected chi connectivity index (χ1v) is 5.19. The Balaban J connectivity index is 3.42. The highest BCUT2D eigenvalue weighted by Crippen LogP contribution is 2.23. The maximum atomic E-state index is 12.9. The summed E-state index contributed by atoms with van der Waals surface area (Å²) in [6.45, 7) is 1.14. The maximum absolute atomic E-state index is 12.9. The Bertz CT molecular complexity index is 440. The molecule has 0 aliphatic heterocycles. The van der Waals surface area contributed by atoms with Crippen molar-refractivity contribution in [2.75, 3.05) is 0 Å². The summed E-state index contributed by atoms with van der Waals surface area (Å²) in [5.41, 5.74) is -0.284. The van der Waals surface area contributed by atoms with Gasteiger partial charge in [-0.1, -0.05) is 6.07 Å². The van der Waals surface area contributed by atoms with Crippen LogP contribution in [0.1, 0.15) is 5.56 Å². The molecule has 0 bridgehead atoms. The molecule has 14 heavy (non-hydrogen) atoms. The van der Waals surface area contributed by atoms with E-state index in [0.717, 1.165) is 25.1 Å². The van der Waals surface area contributed by atoms with Crippen molar-refractivity contribution < 1.29 is 21.6 Å². The van der Waals surface area contributed by atoms with Gasteiger partial charge in [0.25, 0.3) is 0 Å². The van der Waals surface area contributed by atoms with Crippen molar-refractivity contribution in [1.29, 1.82) is 0 Å². The second-order valence-electron chi connectivity index (χ2n) is 2.67. The second kappa shape index (κ2) is 3.61. The quantitative estimate of drug-likeness (QED) is 0.771. The van der Waals surface area contributed by atoms with Crippen molar-refractivity contribution >= 4 is 9.84 Å². The minimum absolute atomic E-state index is 0.284. The standard InChI is InChI=1S/C8H7F3O2S/c1-5-6(9)3-2-4-7(5)14(12,13)8(10)11/h2-4,8H,1H3. The van der Waals surface area contributed by atoms with Gasteiger partial charge in [-0.25, -0.2) is 12.8 Å². The number of halogens is 3. The van der Waals surface area contributed by atoms with Gasteiger partial charge < -0.3 is 0 Å². The molecule has 0 radical (unpaired) electrons. The van der Waals surface area contributed by atoms with E-state index < -0.39 is 26.3 Å². The molecular formula is C8H7F3O2S.